The van der Waals surface area contributed by atoms with E-state index in [9.17, 15) is 0 Å². The molecule has 2 aliphatic heterocycles. The molecule has 3 heteroatoms. The third-order valence-electron chi connectivity index (χ3n) is 7.72. The number of piperidine rings is 2. The molecule has 3 fully saturated rings. The Kier molecular flexibility index (Phi) is 7.90. The van der Waals surface area contributed by atoms with E-state index in [1.165, 1.54) is 96.1 Å². The van der Waals surface area contributed by atoms with Crippen LogP contribution in [-0.2, 0) is 0 Å². The Morgan fingerprint density at radius 3 is 2.21 bits per heavy atom. The molecule has 0 unspecified atom stereocenters. The van der Waals surface area contributed by atoms with Crippen LogP contribution in [0.1, 0.15) is 82.6 Å². The summed E-state index contributed by atoms with van der Waals surface area (Å²) in [5.41, 5.74) is 1.52. The first-order valence-electron chi connectivity index (χ1n) is 12.5. The van der Waals surface area contributed by atoms with Crippen LogP contribution in [0.5, 0.6) is 5.75 Å². The molecule has 2 saturated heterocycles. The summed E-state index contributed by atoms with van der Waals surface area (Å²) in [6.07, 6.45) is 13.6. The van der Waals surface area contributed by atoms with Gasteiger partial charge in [-0.15, -0.1) is 0 Å². The van der Waals surface area contributed by atoms with Gasteiger partial charge in [-0.3, -0.25) is 0 Å². The highest BCUT2D eigenvalue weighted by atomic mass is 16.5. The Morgan fingerprint density at radius 1 is 0.828 bits per heavy atom. The highest BCUT2D eigenvalue weighted by Gasteiger charge is 2.28. The van der Waals surface area contributed by atoms with E-state index >= 15 is 0 Å². The first kappa shape index (κ1) is 21.2. The van der Waals surface area contributed by atoms with Gasteiger partial charge < -0.3 is 14.5 Å². The molecule has 4 rings (SSSR count). The molecule has 0 N–H and O–H groups in total. The molecule has 162 valence electrons. The molecule has 1 aromatic rings. The van der Waals surface area contributed by atoms with Crippen LogP contribution in [0.15, 0.2) is 24.3 Å². The Balaban J connectivity index is 1.16. The van der Waals surface area contributed by atoms with E-state index < -0.39 is 0 Å². The van der Waals surface area contributed by atoms with Crippen molar-refractivity contribution in [2.24, 2.45) is 5.92 Å². The first-order valence-corrected chi connectivity index (χ1v) is 12.5. The number of nitrogens with zero attached hydrogens (tertiary/aromatic N) is 2. The summed E-state index contributed by atoms with van der Waals surface area (Å²) in [6.45, 7) is 9.69. The number of rotatable bonds is 7. The summed E-state index contributed by atoms with van der Waals surface area (Å²) in [7, 11) is 0. The largest absolute Gasteiger partial charge is 0.494 e. The maximum absolute atomic E-state index is 6.01. The summed E-state index contributed by atoms with van der Waals surface area (Å²) in [5.74, 6) is 2.74. The molecule has 0 bridgehead atoms. The number of benzene rings is 1. The third kappa shape index (κ3) is 6.21. The quantitative estimate of drug-likeness (QED) is 0.548. The SMILES string of the molecule is CC1CCN(C2CCC(c3ccc(OCCCN4CCCCC4)cc3)CC2)CC1. The van der Waals surface area contributed by atoms with Crippen LogP contribution in [0, 0.1) is 5.92 Å². The Bertz CT molecular complexity index is 579. The second-order valence-electron chi connectivity index (χ2n) is 9.90. The number of ether oxygens (including phenoxy) is 1. The molecule has 0 atom stereocenters. The number of hydrogen-bond donors (Lipinski definition) is 0. The van der Waals surface area contributed by atoms with E-state index in [-0.39, 0.29) is 0 Å². The zero-order valence-corrected chi connectivity index (χ0v) is 18.7. The topological polar surface area (TPSA) is 15.7 Å². The van der Waals surface area contributed by atoms with E-state index in [2.05, 4.69) is 41.0 Å². The van der Waals surface area contributed by atoms with Crippen molar-refractivity contribution >= 4 is 0 Å². The normalized spacial score (nSPS) is 27.8. The molecule has 1 aromatic carbocycles. The van der Waals surface area contributed by atoms with Gasteiger partial charge in [-0.25, -0.2) is 0 Å². The van der Waals surface area contributed by atoms with Crippen LogP contribution in [-0.4, -0.2) is 55.2 Å². The lowest BCUT2D eigenvalue weighted by Crippen LogP contribution is -2.42. The van der Waals surface area contributed by atoms with E-state index in [4.69, 9.17) is 4.74 Å². The van der Waals surface area contributed by atoms with E-state index in [0.717, 1.165) is 36.7 Å². The standard InChI is InChI=1S/C26H42N2O/c1-22-14-19-28(20-15-22)25-10-6-23(7-11-25)24-8-12-26(13-9-24)29-21-5-18-27-16-3-2-4-17-27/h8-9,12-13,22-23,25H,2-7,10-11,14-21H2,1H3. The predicted molar refractivity (Wildman–Crippen MR) is 122 cm³/mol. The van der Waals surface area contributed by atoms with Crippen molar-refractivity contribution in [2.75, 3.05) is 39.3 Å². The van der Waals surface area contributed by atoms with Gasteiger partial charge in [-0.1, -0.05) is 25.5 Å². The molecular weight excluding hydrogens is 356 g/mol. The van der Waals surface area contributed by atoms with Crippen LogP contribution in [0.3, 0.4) is 0 Å². The summed E-state index contributed by atoms with van der Waals surface area (Å²) in [6, 6.07) is 9.91. The van der Waals surface area contributed by atoms with Crippen LogP contribution in [0.4, 0.5) is 0 Å². The second kappa shape index (κ2) is 10.8. The summed E-state index contributed by atoms with van der Waals surface area (Å²) < 4.78 is 6.01. The highest BCUT2D eigenvalue weighted by molar-refractivity contribution is 5.29. The molecule has 1 aliphatic carbocycles. The minimum atomic E-state index is 0.753. The van der Waals surface area contributed by atoms with E-state index in [1.54, 1.807) is 0 Å². The monoisotopic (exact) mass is 398 g/mol. The van der Waals surface area contributed by atoms with Gasteiger partial charge in [0.15, 0.2) is 0 Å². The Labute approximate surface area is 178 Å². The average molecular weight is 399 g/mol. The van der Waals surface area contributed by atoms with Crippen LogP contribution < -0.4 is 4.74 Å². The zero-order chi connectivity index (χ0) is 19.9. The van der Waals surface area contributed by atoms with Gasteiger partial charge >= 0.3 is 0 Å². The molecule has 0 aromatic heterocycles. The molecule has 3 aliphatic rings. The van der Waals surface area contributed by atoms with Gasteiger partial charge in [0.05, 0.1) is 6.61 Å². The zero-order valence-electron chi connectivity index (χ0n) is 18.7. The Morgan fingerprint density at radius 2 is 1.52 bits per heavy atom. The van der Waals surface area contributed by atoms with Crippen molar-refractivity contribution in [3.05, 3.63) is 29.8 Å². The highest BCUT2D eigenvalue weighted by Crippen LogP contribution is 2.36. The maximum Gasteiger partial charge on any atom is 0.119 e. The minimum absolute atomic E-state index is 0.753. The number of hydrogen-bond acceptors (Lipinski definition) is 3. The van der Waals surface area contributed by atoms with Gasteiger partial charge in [0.25, 0.3) is 0 Å². The van der Waals surface area contributed by atoms with E-state index in [1.807, 2.05) is 0 Å². The third-order valence-corrected chi connectivity index (χ3v) is 7.72. The van der Waals surface area contributed by atoms with Gasteiger partial charge in [0, 0.05) is 12.6 Å². The lowest BCUT2D eigenvalue weighted by Gasteiger charge is -2.40. The lowest BCUT2D eigenvalue weighted by atomic mass is 9.80. The minimum Gasteiger partial charge on any atom is -0.494 e. The van der Waals surface area contributed by atoms with Crippen LogP contribution in [0.25, 0.3) is 0 Å². The summed E-state index contributed by atoms with van der Waals surface area (Å²) in [4.78, 5) is 5.38. The van der Waals surface area contributed by atoms with Crippen molar-refractivity contribution in [3.63, 3.8) is 0 Å². The summed E-state index contributed by atoms with van der Waals surface area (Å²) in [5, 5.41) is 0. The predicted octanol–water partition coefficient (Wildman–Crippen LogP) is 5.70. The molecule has 29 heavy (non-hydrogen) atoms. The van der Waals surface area contributed by atoms with Crippen LogP contribution >= 0.6 is 0 Å². The van der Waals surface area contributed by atoms with Gasteiger partial charge in [-0.2, -0.15) is 0 Å². The molecule has 0 spiro atoms. The maximum atomic E-state index is 6.01. The fourth-order valence-electron chi connectivity index (χ4n) is 5.67. The first-order chi connectivity index (χ1) is 14.3. The Hall–Kier alpha value is -1.06. The summed E-state index contributed by atoms with van der Waals surface area (Å²) >= 11 is 0. The molecular formula is C26H42N2O. The molecule has 0 radical (unpaired) electrons. The fraction of sp³-hybridized carbons (Fsp3) is 0.769. The van der Waals surface area contributed by atoms with E-state index in [0.29, 0.717) is 0 Å². The fourth-order valence-corrected chi connectivity index (χ4v) is 5.67. The molecule has 3 nitrogen and oxygen atoms in total. The molecule has 1 saturated carbocycles. The van der Waals surface area contributed by atoms with Gasteiger partial charge in [0.2, 0.25) is 0 Å². The van der Waals surface area contributed by atoms with Gasteiger partial charge in [0.1, 0.15) is 5.75 Å². The van der Waals surface area contributed by atoms with Crippen molar-refractivity contribution in [1.29, 1.82) is 0 Å². The van der Waals surface area contributed by atoms with Crippen molar-refractivity contribution < 1.29 is 4.74 Å². The smallest absolute Gasteiger partial charge is 0.119 e. The van der Waals surface area contributed by atoms with Crippen LogP contribution in [0.2, 0.25) is 0 Å². The van der Waals surface area contributed by atoms with Gasteiger partial charge in [-0.05, 0) is 113 Å². The second-order valence-corrected chi connectivity index (χ2v) is 9.90. The average Bonchev–Trinajstić information content (AvgIpc) is 2.79. The van der Waals surface area contributed by atoms with Crippen molar-refractivity contribution in [2.45, 2.75) is 83.1 Å². The van der Waals surface area contributed by atoms with Crippen molar-refractivity contribution in [1.82, 2.24) is 9.80 Å². The van der Waals surface area contributed by atoms with Crippen molar-refractivity contribution in [3.8, 4) is 5.75 Å². The molecule has 2 heterocycles. The lowest BCUT2D eigenvalue weighted by molar-refractivity contribution is 0.106. The molecule has 0 amide bonds. The number of likely N-dealkylation sites (tertiary alicyclic amines) is 2.